The van der Waals surface area contributed by atoms with E-state index >= 15 is 0 Å². The molecule has 140 valence electrons. The minimum absolute atomic E-state index is 0. The summed E-state index contributed by atoms with van der Waals surface area (Å²) in [4.78, 5) is 4.35. The molecule has 1 aliphatic heterocycles. The first-order valence-corrected chi connectivity index (χ1v) is 7.48. The number of para-hydroxylation sites is 2. The molecular weight excluding hydrogens is 341 g/mol. The molecule has 0 spiro atoms. The molecule has 1 aromatic rings. The monoisotopic (exact) mass is 363 g/mol. The molecule has 9 heteroatoms. The summed E-state index contributed by atoms with van der Waals surface area (Å²) < 4.78 is 55.8. The lowest BCUT2D eigenvalue weighted by Gasteiger charge is -2.28. The maximum Gasteiger partial charge on any atom is 1.00 e. The summed E-state index contributed by atoms with van der Waals surface area (Å²) in [6, 6.07) is 7.58. The first-order chi connectivity index (χ1) is 11.4. The van der Waals surface area contributed by atoms with Gasteiger partial charge in [0.2, 0.25) is 0 Å². The van der Waals surface area contributed by atoms with Gasteiger partial charge in [0, 0.05) is 12.3 Å². The Bertz CT molecular complexity index is 625. The highest BCUT2D eigenvalue weighted by Gasteiger charge is 2.48. The third-order valence-electron chi connectivity index (χ3n) is 3.67. The zero-order valence-corrected chi connectivity index (χ0v) is 14.7. The Morgan fingerprint density at radius 3 is 2.00 bits per heavy atom. The summed E-state index contributed by atoms with van der Waals surface area (Å²) in [6.45, 7) is 8.02. The molecule has 1 fully saturated rings. The quantitative estimate of drug-likeness (QED) is 0.418. The molecule has 1 saturated heterocycles. The van der Waals surface area contributed by atoms with Gasteiger partial charge in [-0.05, 0) is 39.8 Å². The molecule has 4 nitrogen and oxygen atoms in total. The van der Waals surface area contributed by atoms with Crippen LogP contribution in [0.15, 0.2) is 41.3 Å². The van der Waals surface area contributed by atoms with Crippen molar-refractivity contribution in [3.05, 3.63) is 36.3 Å². The van der Waals surface area contributed by atoms with E-state index in [1.54, 1.807) is 19.4 Å². The Morgan fingerprint density at radius 1 is 1.04 bits per heavy atom. The molecular formula is C16H22BF4NO3. The number of hydrogen-bond acceptors (Lipinski definition) is 4. The van der Waals surface area contributed by atoms with Crippen LogP contribution in [0.4, 0.5) is 23.0 Å². The SMILES string of the molecule is COc1ccccc1N=CC=C1OC(C)(C)C(C)(C)O1.F[B-](F)(F)F.[H+]. The molecule has 1 aromatic carbocycles. The number of ether oxygens (including phenoxy) is 3. The second kappa shape index (κ2) is 7.80. The van der Waals surface area contributed by atoms with Gasteiger partial charge in [-0.1, -0.05) is 12.1 Å². The van der Waals surface area contributed by atoms with Crippen LogP contribution in [0.2, 0.25) is 0 Å². The maximum atomic E-state index is 9.75. The van der Waals surface area contributed by atoms with Gasteiger partial charge in [0.05, 0.1) is 7.11 Å². The topological polar surface area (TPSA) is 40.0 Å². The molecule has 0 unspecified atom stereocenters. The number of rotatable bonds is 3. The zero-order valence-electron chi connectivity index (χ0n) is 15.7. The van der Waals surface area contributed by atoms with E-state index in [1.165, 1.54) is 0 Å². The molecule has 2 rings (SSSR count). The summed E-state index contributed by atoms with van der Waals surface area (Å²) in [7, 11) is -4.37. The highest BCUT2D eigenvalue weighted by atomic mass is 19.5. The van der Waals surface area contributed by atoms with E-state index < -0.39 is 7.25 Å². The van der Waals surface area contributed by atoms with Crippen molar-refractivity contribution >= 4 is 19.2 Å². The van der Waals surface area contributed by atoms with Gasteiger partial charge < -0.3 is 31.5 Å². The van der Waals surface area contributed by atoms with Gasteiger partial charge in [-0.25, -0.2) is 0 Å². The standard InChI is InChI=1S/C16H21NO3.BF4/c1-15(2)16(3,4)20-14(19-15)10-11-17-12-8-6-7-9-13(12)18-5;2-1(3,4)5/h6-11H,1-5H3;/q;-1/p+1. The van der Waals surface area contributed by atoms with Crippen LogP contribution in [0, 0.1) is 0 Å². The minimum Gasteiger partial charge on any atom is -0.494 e. The third kappa shape index (κ3) is 6.68. The average Bonchev–Trinajstić information content (AvgIpc) is 2.65. The van der Waals surface area contributed by atoms with Gasteiger partial charge in [-0.15, -0.1) is 0 Å². The number of aliphatic imine (C=N–C) groups is 1. The summed E-state index contributed by atoms with van der Waals surface area (Å²) in [5.74, 6) is 1.22. The van der Waals surface area contributed by atoms with Gasteiger partial charge >= 0.3 is 8.68 Å². The molecule has 25 heavy (non-hydrogen) atoms. The Balaban J connectivity index is 0.000000923. The fraction of sp³-hybridized carbons (Fsp3) is 0.438. The first-order valence-electron chi connectivity index (χ1n) is 7.48. The molecule has 0 saturated carbocycles. The average molecular weight is 363 g/mol. The molecule has 0 radical (unpaired) electrons. The Kier molecular flexibility index (Phi) is 6.51. The Labute approximate surface area is 146 Å². The van der Waals surface area contributed by atoms with Gasteiger partial charge in [-0.3, -0.25) is 4.99 Å². The van der Waals surface area contributed by atoms with Crippen molar-refractivity contribution in [2.45, 2.75) is 38.9 Å². The van der Waals surface area contributed by atoms with E-state index in [1.807, 2.05) is 52.0 Å². The fourth-order valence-electron chi connectivity index (χ4n) is 1.75. The molecule has 0 bridgehead atoms. The molecule has 1 aliphatic rings. The van der Waals surface area contributed by atoms with Gasteiger partial charge in [-0.2, -0.15) is 0 Å². The van der Waals surface area contributed by atoms with Crippen LogP contribution in [0.3, 0.4) is 0 Å². The number of allylic oxidation sites excluding steroid dienone is 1. The highest BCUT2D eigenvalue weighted by Crippen LogP contribution is 2.39. The van der Waals surface area contributed by atoms with Crippen LogP contribution in [-0.2, 0) is 9.47 Å². The van der Waals surface area contributed by atoms with Gasteiger partial charge in [0.1, 0.15) is 22.6 Å². The van der Waals surface area contributed by atoms with Crippen LogP contribution in [0.1, 0.15) is 29.1 Å². The van der Waals surface area contributed by atoms with Crippen molar-refractivity contribution in [2.75, 3.05) is 7.11 Å². The molecule has 0 aromatic heterocycles. The number of halogens is 4. The van der Waals surface area contributed by atoms with Crippen molar-refractivity contribution in [2.24, 2.45) is 4.99 Å². The van der Waals surface area contributed by atoms with E-state index in [0.717, 1.165) is 11.4 Å². The number of nitrogens with zero attached hydrogens (tertiary/aromatic N) is 1. The van der Waals surface area contributed by atoms with Crippen molar-refractivity contribution in [1.29, 1.82) is 0 Å². The zero-order chi connectivity index (χ0) is 19.3. The largest absolute Gasteiger partial charge is 1.00 e. The van der Waals surface area contributed by atoms with Crippen molar-refractivity contribution in [1.82, 2.24) is 0 Å². The maximum absolute atomic E-state index is 9.75. The smallest absolute Gasteiger partial charge is 0.494 e. The van der Waals surface area contributed by atoms with Crippen LogP contribution < -0.4 is 4.74 Å². The number of methoxy groups -OCH3 is 1. The molecule has 1 heterocycles. The van der Waals surface area contributed by atoms with E-state index in [4.69, 9.17) is 14.2 Å². The summed E-state index contributed by atoms with van der Waals surface area (Å²) in [5.41, 5.74) is 0.0391. The molecule has 0 N–H and O–H groups in total. The lowest BCUT2D eigenvalue weighted by atomic mass is 9.90. The molecule has 0 aliphatic carbocycles. The minimum atomic E-state index is -6.00. The lowest BCUT2D eigenvalue weighted by molar-refractivity contribution is 0.00578. The summed E-state index contributed by atoms with van der Waals surface area (Å²) in [5, 5.41) is 0. The second-order valence-corrected chi connectivity index (χ2v) is 6.16. The molecule has 0 amide bonds. The Morgan fingerprint density at radius 2 is 1.52 bits per heavy atom. The highest BCUT2D eigenvalue weighted by molar-refractivity contribution is 6.50. The van der Waals surface area contributed by atoms with Gasteiger partial charge in [0.15, 0.2) is 0 Å². The van der Waals surface area contributed by atoms with Crippen LogP contribution >= 0.6 is 0 Å². The van der Waals surface area contributed by atoms with Crippen LogP contribution in [0.5, 0.6) is 5.75 Å². The predicted octanol–water partition coefficient (Wildman–Crippen LogP) is 5.26. The summed E-state index contributed by atoms with van der Waals surface area (Å²) in [6.07, 6.45) is 3.38. The normalized spacial score (nSPS) is 18.0. The van der Waals surface area contributed by atoms with E-state index in [2.05, 4.69) is 4.99 Å². The number of benzene rings is 1. The van der Waals surface area contributed by atoms with Crippen LogP contribution in [-0.4, -0.2) is 31.8 Å². The van der Waals surface area contributed by atoms with Crippen molar-refractivity contribution < 1.29 is 32.9 Å². The van der Waals surface area contributed by atoms with E-state index in [0.29, 0.717) is 5.95 Å². The van der Waals surface area contributed by atoms with Crippen LogP contribution in [0.25, 0.3) is 0 Å². The fourth-order valence-corrected chi connectivity index (χ4v) is 1.75. The van der Waals surface area contributed by atoms with Gasteiger partial charge in [0.25, 0.3) is 5.95 Å². The summed E-state index contributed by atoms with van der Waals surface area (Å²) >= 11 is 0. The van der Waals surface area contributed by atoms with E-state index in [9.17, 15) is 17.3 Å². The third-order valence-corrected chi connectivity index (χ3v) is 3.67. The van der Waals surface area contributed by atoms with Crippen molar-refractivity contribution in [3.8, 4) is 5.75 Å². The number of hydrogen-bond donors (Lipinski definition) is 0. The van der Waals surface area contributed by atoms with Crippen molar-refractivity contribution in [3.63, 3.8) is 0 Å². The van der Waals surface area contributed by atoms with E-state index in [-0.39, 0.29) is 12.6 Å². The lowest BCUT2D eigenvalue weighted by Crippen LogP contribution is -2.41. The Hall–Kier alpha value is -2.19. The second-order valence-electron chi connectivity index (χ2n) is 6.16. The first kappa shape index (κ1) is 20.9. The molecule has 0 atom stereocenters. The predicted molar refractivity (Wildman–Crippen MR) is 90.9 cm³/mol.